The molecule has 3 nitrogen and oxygen atoms in total. The quantitative estimate of drug-likeness (QED) is 0.747. The highest BCUT2D eigenvalue weighted by Crippen LogP contribution is 2.22. The van der Waals surface area contributed by atoms with E-state index in [1.807, 2.05) is 44.3 Å². The summed E-state index contributed by atoms with van der Waals surface area (Å²) in [6.45, 7) is 2.66. The molecule has 0 fully saturated rings. The number of amides is 1. The van der Waals surface area contributed by atoms with Crippen molar-refractivity contribution >= 4 is 30.1 Å². The first-order valence-corrected chi connectivity index (χ1v) is 8.40. The van der Waals surface area contributed by atoms with E-state index < -0.39 is 0 Å². The Morgan fingerprint density at radius 3 is 2.35 bits per heavy atom. The molecule has 2 N–H and O–H groups in total. The summed E-state index contributed by atoms with van der Waals surface area (Å²) >= 11 is 1.77. The van der Waals surface area contributed by atoms with Crippen molar-refractivity contribution in [2.24, 2.45) is 0 Å². The van der Waals surface area contributed by atoms with Gasteiger partial charge in [0.25, 0.3) is 5.91 Å². The van der Waals surface area contributed by atoms with E-state index in [1.54, 1.807) is 11.8 Å². The van der Waals surface area contributed by atoms with Crippen LogP contribution in [0.5, 0.6) is 0 Å². The lowest BCUT2D eigenvalue weighted by atomic mass is 10.2. The zero-order valence-electron chi connectivity index (χ0n) is 13.4. The molecule has 0 heterocycles. The SMILES string of the molecule is CNC(C)CNC(=O)c1ccc(SCc2ccccc2)cc1.Cl. The maximum Gasteiger partial charge on any atom is 0.251 e. The average Bonchev–Trinajstić information content (AvgIpc) is 2.59. The summed E-state index contributed by atoms with van der Waals surface area (Å²) in [4.78, 5) is 13.2. The van der Waals surface area contributed by atoms with Gasteiger partial charge in [-0.25, -0.2) is 0 Å². The number of hydrogen-bond donors (Lipinski definition) is 2. The minimum Gasteiger partial charge on any atom is -0.350 e. The van der Waals surface area contributed by atoms with E-state index in [1.165, 1.54) is 10.5 Å². The molecule has 0 spiro atoms. The Morgan fingerprint density at radius 2 is 1.74 bits per heavy atom. The number of rotatable bonds is 7. The van der Waals surface area contributed by atoms with E-state index in [4.69, 9.17) is 0 Å². The molecule has 0 radical (unpaired) electrons. The highest BCUT2D eigenvalue weighted by atomic mass is 35.5. The second-order valence-corrected chi connectivity index (χ2v) is 6.25. The lowest BCUT2D eigenvalue weighted by Gasteiger charge is -2.11. The maximum atomic E-state index is 12.0. The molecule has 1 amide bonds. The van der Waals surface area contributed by atoms with Gasteiger partial charge in [-0.15, -0.1) is 24.2 Å². The Bertz CT molecular complexity index is 590. The predicted octanol–water partition coefficient (Wildman–Crippen LogP) is 3.74. The van der Waals surface area contributed by atoms with Crippen LogP contribution in [0.1, 0.15) is 22.8 Å². The highest BCUT2D eigenvalue weighted by Gasteiger charge is 2.06. The highest BCUT2D eigenvalue weighted by molar-refractivity contribution is 7.98. The molecule has 0 aliphatic carbocycles. The molecule has 124 valence electrons. The van der Waals surface area contributed by atoms with E-state index in [-0.39, 0.29) is 24.4 Å². The smallest absolute Gasteiger partial charge is 0.251 e. The average molecular weight is 351 g/mol. The fraction of sp³-hybridized carbons (Fsp3) is 0.278. The van der Waals surface area contributed by atoms with Gasteiger partial charge in [0.2, 0.25) is 0 Å². The first-order chi connectivity index (χ1) is 10.7. The Kier molecular flexibility index (Phi) is 8.77. The van der Waals surface area contributed by atoms with Crippen molar-refractivity contribution in [3.05, 3.63) is 65.7 Å². The minimum absolute atomic E-state index is 0. The topological polar surface area (TPSA) is 41.1 Å². The third kappa shape index (κ3) is 6.65. The van der Waals surface area contributed by atoms with Crippen LogP contribution in [0.25, 0.3) is 0 Å². The Morgan fingerprint density at radius 1 is 1.09 bits per heavy atom. The first kappa shape index (κ1) is 19.6. The fourth-order valence-electron chi connectivity index (χ4n) is 1.89. The van der Waals surface area contributed by atoms with E-state index in [0.717, 1.165) is 5.75 Å². The van der Waals surface area contributed by atoms with Crippen LogP contribution in [-0.4, -0.2) is 25.5 Å². The largest absolute Gasteiger partial charge is 0.350 e. The summed E-state index contributed by atoms with van der Waals surface area (Å²) in [7, 11) is 1.88. The second-order valence-electron chi connectivity index (χ2n) is 5.20. The van der Waals surface area contributed by atoms with Crippen molar-refractivity contribution in [3.63, 3.8) is 0 Å². The van der Waals surface area contributed by atoms with Crippen LogP contribution in [0.2, 0.25) is 0 Å². The van der Waals surface area contributed by atoms with Crippen molar-refractivity contribution in [1.82, 2.24) is 10.6 Å². The normalized spacial score (nSPS) is 11.4. The molecule has 5 heteroatoms. The third-order valence-corrected chi connectivity index (χ3v) is 4.51. The van der Waals surface area contributed by atoms with Crippen LogP contribution in [0, 0.1) is 0 Å². The van der Waals surface area contributed by atoms with Crippen molar-refractivity contribution in [1.29, 1.82) is 0 Å². The minimum atomic E-state index is -0.0262. The molecule has 0 bridgehead atoms. The van der Waals surface area contributed by atoms with Gasteiger partial charge in [-0.3, -0.25) is 4.79 Å². The number of likely N-dealkylation sites (N-methyl/N-ethyl adjacent to an activating group) is 1. The van der Waals surface area contributed by atoms with Crippen LogP contribution < -0.4 is 10.6 Å². The zero-order valence-corrected chi connectivity index (χ0v) is 15.0. The van der Waals surface area contributed by atoms with Gasteiger partial charge in [0.15, 0.2) is 0 Å². The van der Waals surface area contributed by atoms with Crippen molar-refractivity contribution in [2.45, 2.75) is 23.6 Å². The van der Waals surface area contributed by atoms with Gasteiger partial charge >= 0.3 is 0 Å². The second kappa shape index (κ2) is 10.3. The van der Waals surface area contributed by atoms with Gasteiger partial charge in [-0.05, 0) is 43.8 Å². The van der Waals surface area contributed by atoms with Crippen molar-refractivity contribution in [3.8, 4) is 0 Å². The fourth-order valence-corrected chi connectivity index (χ4v) is 2.75. The standard InChI is InChI=1S/C18H22N2OS.ClH/c1-14(19-2)12-20-18(21)16-8-10-17(11-9-16)22-13-15-6-4-3-5-7-15;/h3-11,14,19H,12-13H2,1-2H3,(H,20,21);1H. The lowest BCUT2D eigenvalue weighted by Crippen LogP contribution is -2.37. The van der Waals surface area contributed by atoms with Gasteiger partial charge in [0, 0.05) is 28.8 Å². The molecule has 0 aromatic heterocycles. The predicted molar refractivity (Wildman–Crippen MR) is 101 cm³/mol. The molecule has 1 atom stereocenters. The Balaban J connectivity index is 0.00000264. The summed E-state index contributed by atoms with van der Waals surface area (Å²) in [5.41, 5.74) is 2.00. The van der Waals surface area contributed by atoms with Crippen LogP contribution in [-0.2, 0) is 5.75 Å². The van der Waals surface area contributed by atoms with Gasteiger partial charge in [-0.1, -0.05) is 30.3 Å². The van der Waals surface area contributed by atoms with Crippen molar-refractivity contribution < 1.29 is 4.79 Å². The number of carbonyl (C=O) groups excluding carboxylic acids is 1. The van der Waals surface area contributed by atoms with Gasteiger partial charge in [-0.2, -0.15) is 0 Å². The number of nitrogens with one attached hydrogen (secondary N) is 2. The van der Waals surface area contributed by atoms with Gasteiger partial charge in [0.1, 0.15) is 0 Å². The summed E-state index contributed by atoms with van der Waals surface area (Å²) < 4.78 is 0. The summed E-state index contributed by atoms with van der Waals surface area (Å²) in [6.07, 6.45) is 0. The van der Waals surface area contributed by atoms with Gasteiger partial charge in [0.05, 0.1) is 0 Å². The van der Waals surface area contributed by atoms with E-state index in [0.29, 0.717) is 12.1 Å². The zero-order chi connectivity index (χ0) is 15.8. The Labute approximate surface area is 148 Å². The van der Waals surface area contributed by atoms with E-state index >= 15 is 0 Å². The number of halogens is 1. The van der Waals surface area contributed by atoms with Crippen LogP contribution in [0.3, 0.4) is 0 Å². The number of hydrogen-bond acceptors (Lipinski definition) is 3. The third-order valence-electron chi connectivity index (χ3n) is 3.43. The molecule has 0 saturated carbocycles. The molecule has 2 aromatic carbocycles. The maximum absolute atomic E-state index is 12.0. The van der Waals surface area contributed by atoms with E-state index in [9.17, 15) is 4.79 Å². The summed E-state index contributed by atoms with van der Waals surface area (Å²) in [5, 5.41) is 6.01. The molecule has 23 heavy (non-hydrogen) atoms. The molecular weight excluding hydrogens is 328 g/mol. The summed E-state index contributed by atoms with van der Waals surface area (Å²) in [6, 6.07) is 18.4. The molecule has 0 saturated heterocycles. The van der Waals surface area contributed by atoms with E-state index in [2.05, 4.69) is 34.9 Å². The van der Waals surface area contributed by atoms with Gasteiger partial charge < -0.3 is 10.6 Å². The Hall–Kier alpha value is -1.49. The molecular formula is C18H23ClN2OS. The molecule has 0 aliphatic rings. The molecule has 1 unspecified atom stereocenters. The number of benzene rings is 2. The molecule has 2 aromatic rings. The lowest BCUT2D eigenvalue weighted by molar-refractivity contribution is 0.0950. The van der Waals surface area contributed by atoms with Crippen LogP contribution >= 0.6 is 24.2 Å². The van der Waals surface area contributed by atoms with Crippen LogP contribution in [0.4, 0.5) is 0 Å². The molecule has 0 aliphatic heterocycles. The van der Waals surface area contributed by atoms with Crippen LogP contribution in [0.15, 0.2) is 59.5 Å². The molecule has 2 rings (SSSR count). The monoisotopic (exact) mass is 350 g/mol. The summed E-state index contributed by atoms with van der Waals surface area (Å²) in [5.74, 6) is 0.910. The number of thioether (sulfide) groups is 1. The number of carbonyl (C=O) groups is 1. The first-order valence-electron chi connectivity index (χ1n) is 7.41. The van der Waals surface area contributed by atoms with Crippen molar-refractivity contribution in [2.75, 3.05) is 13.6 Å².